The van der Waals surface area contributed by atoms with Gasteiger partial charge in [0, 0.05) is 29.7 Å². The third-order valence-electron chi connectivity index (χ3n) is 4.40. The van der Waals surface area contributed by atoms with Gasteiger partial charge in [0.05, 0.1) is 12.1 Å². The molecule has 2 aromatic carbocycles. The molecule has 0 radical (unpaired) electrons. The van der Waals surface area contributed by atoms with Gasteiger partial charge in [-0.25, -0.2) is 0 Å². The fraction of sp³-hybridized carbons (Fsp3) is 0.250. The summed E-state index contributed by atoms with van der Waals surface area (Å²) in [4.78, 5) is 7.82. The van der Waals surface area contributed by atoms with Crippen molar-refractivity contribution in [3.63, 3.8) is 0 Å². The zero-order chi connectivity index (χ0) is 16.2. The molecule has 0 N–H and O–H groups in total. The first kappa shape index (κ1) is 15.2. The summed E-state index contributed by atoms with van der Waals surface area (Å²) >= 11 is 1.70. The monoisotopic (exact) mass is 336 g/mol. The predicted octanol–water partition coefficient (Wildman–Crippen LogP) is 4.18. The van der Waals surface area contributed by atoms with Crippen molar-refractivity contribution in [2.45, 2.75) is 12.8 Å². The van der Waals surface area contributed by atoms with Crippen molar-refractivity contribution in [1.82, 2.24) is 4.98 Å². The lowest BCUT2D eigenvalue weighted by Gasteiger charge is -2.19. The van der Waals surface area contributed by atoms with Crippen molar-refractivity contribution in [3.8, 4) is 5.75 Å². The summed E-state index contributed by atoms with van der Waals surface area (Å²) in [7, 11) is 0. The smallest absolute Gasteiger partial charge is 0.119 e. The summed E-state index contributed by atoms with van der Waals surface area (Å²) in [5.74, 6) is 0.940. The van der Waals surface area contributed by atoms with Crippen LogP contribution in [-0.2, 0) is 12.8 Å². The van der Waals surface area contributed by atoms with Crippen LogP contribution < -0.4 is 9.64 Å². The molecular formula is C20H20N2OS. The molecule has 0 aliphatic carbocycles. The maximum Gasteiger partial charge on any atom is 0.119 e. The molecule has 3 nitrogen and oxygen atoms in total. The van der Waals surface area contributed by atoms with Crippen LogP contribution in [0.25, 0.3) is 0 Å². The van der Waals surface area contributed by atoms with E-state index < -0.39 is 0 Å². The standard InChI is InChI=1S/C20H20N2OS/c1-2-4-20-17(3-1)9-10-22(20)11-12-23-18-7-5-16(6-8-18)13-19-14-21-15-24-19/h1-8,14-15H,9-13H2. The number of nitrogens with zero attached hydrogens (tertiary/aromatic N) is 2. The van der Waals surface area contributed by atoms with E-state index in [1.807, 2.05) is 11.7 Å². The van der Waals surface area contributed by atoms with Crippen molar-refractivity contribution in [2.75, 3.05) is 24.6 Å². The van der Waals surface area contributed by atoms with E-state index in [1.165, 1.54) is 21.7 Å². The number of para-hydroxylation sites is 1. The van der Waals surface area contributed by atoms with Gasteiger partial charge in [0.15, 0.2) is 0 Å². The second-order valence-electron chi connectivity index (χ2n) is 6.00. The van der Waals surface area contributed by atoms with Crippen LogP contribution in [0.3, 0.4) is 0 Å². The Bertz CT molecular complexity index is 784. The van der Waals surface area contributed by atoms with E-state index in [0.717, 1.165) is 31.7 Å². The number of ether oxygens (including phenoxy) is 1. The molecule has 1 aliphatic rings. The average molecular weight is 336 g/mol. The van der Waals surface area contributed by atoms with E-state index in [1.54, 1.807) is 11.3 Å². The van der Waals surface area contributed by atoms with Crippen LogP contribution in [0.2, 0.25) is 0 Å². The summed E-state index contributed by atoms with van der Waals surface area (Å²) in [6.45, 7) is 2.73. The van der Waals surface area contributed by atoms with Gasteiger partial charge < -0.3 is 9.64 Å². The zero-order valence-electron chi connectivity index (χ0n) is 13.5. The highest BCUT2D eigenvalue weighted by atomic mass is 32.1. The number of hydrogen-bond acceptors (Lipinski definition) is 4. The lowest BCUT2D eigenvalue weighted by Crippen LogP contribution is -2.26. The molecule has 0 unspecified atom stereocenters. The predicted molar refractivity (Wildman–Crippen MR) is 99.2 cm³/mol. The lowest BCUT2D eigenvalue weighted by atomic mass is 10.1. The molecule has 0 saturated carbocycles. The molecule has 1 aliphatic heterocycles. The van der Waals surface area contributed by atoms with Gasteiger partial charge in [0.25, 0.3) is 0 Å². The molecule has 2 heterocycles. The number of thiazole rings is 1. The van der Waals surface area contributed by atoms with Crippen molar-refractivity contribution < 1.29 is 4.74 Å². The van der Waals surface area contributed by atoms with Gasteiger partial charge in [-0.1, -0.05) is 30.3 Å². The van der Waals surface area contributed by atoms with Gasteiger partial charge >= 0.3 is 0 Å². The van der Waals surface area contributed by atoms with Gasteiger partial charge in [-0.2, -0.15) is 0 Å². The molecule has 0 atom stereocenters. The molecule has 0 saturated heterocycles. The number of rotatable bonds is 6. The van der Waals surface area contributed by atoms with E-state index in [9.17, 15) is 0 Å². The molecule has 24 heavy (non-hydrogen) atoms. The first-order valence-electron chi connectivity index (χ1n) is 8.30. The summed E-state index contributed by atoms with van der Waals surface area (Å²) in [6, 6.07) is 17.1. The number of fused-ring (bicyclic) bond motifs is 1. The molecule has 3 aromatic rings. The number of anilines is 1. The molecule has 0 fully saturated rings. The Hall–Kier alpha value is -2.33. The molecule has 4 rings (SSSR count). The number of hydrogen-bond donors (Lipinski definition) is 0. The van der Waals surface area contributed by atoms with Crippen molar-refractivity contribution in [2.24, 2.45) is 0 Å². The second-order valence-corrected chi connectivity index (χ2v) is 6.97. The first-order chi connectivity index (χ1) is 11.9. The SMILES string of the molecule is c1ccc2c(c1)CCN2CCOc1ccc(Cc2cncs2)cc1. The van der Waals surface area contributed by atoms with E-state index in [2.05, 4.69) is 58.4 Å². The molecule has 0 spiro atoms. The van der Waals surface area contributed by atoms with Gasteiger partial charge in [-0.05, 0) is 35.7 Å². The third-order valence-corrected chi connectivity index (χ3v) is 5.18. The highest BCUT2D eigenvalue weighted by Gasteiger charge is 2.17. The minimum Gasteiger partial charge on any atom is -0.492 e. The quantitative estimate of drug-likeness (QED) is 0.675. The van der Waals surface area contributed by atoms with Crippen molar-refractivity contribution in [3.05, 3.63) is 76.2 Å². The van der Waals surface area contributed by atoms with E-state index in [4.69, 9.17) is 4.74 Å². The number of benzene rings is 2. The van der Waals surface area contributed by atoms with Gasteiger partial charge in [-0.15, -0.1) is 11.3 Å². The van der Waals surface area contributed by atoms with Gasteiger partial charge in [0.2, 0.25) is 0 Å². The molecule has 4 heteroatoms. The van der Waals surface area contributed by atoms with E-state index in [0.29, 0.717) is 6.61 Å². The molecule has 122 valence electrons. The maximum atomic E-state index is 5.92. The van der Waals surface area contributed by atoms with Crippen LogP contribution in [0, 0.1) is 0 Å². The molecular weight excluding hydrogens is 316 g/mol. The Morgan fingerprint density at radius 3 is 2.79 bits per heavy atom. The Labute approximate surface area is 146 Å². The van der Waals surface area contributed by atoms with Crippen LogP contribution in [0.1, 0.15) is 16.0 Å². The maximum absolute atomic E-state index is 5.92. The summed E-state index contributed by atoms with van der Waals surface area (Å²) in [5, 5.41) is 0. The van der Waals surface area contributed by atoms with Gasteiger partial charge in [-0.3, -0.25) is 4.98 Å². The Morgan fingerprint density at radius 2 is 1.96 bits per heavy atom. The lowest BCUT2D eigenvalue weighted by molar-refractivity contribution is 0.324. The highest BCUT2D eigenvalue weighted by molar-refractivity contribution is 7.09. The van der Waals surface area contributed by atoms with Crippen molar-refractivity contribution in [1.29, 1.82) is 0 Å². The van der Waals surface area contributed by atoms with Crippen LogP contribution in [0.4, 0.5) is 5.69 Å². The van der Waals surface area contributed by atoms with Crippen LogP contribution in [0.15, 0.2) is 60.2 Å². The third kappa shape index (κ3) is 3.44. The zero-order valence-corrected chi connectivity index (χ0v) is 14.3. The molecule has 0 amide bonds. The average Bonchev–Trinajstić information content (AvgIpc) is 3.27. The second kappa shape index (κ2) is 7.05. The Morgan fingerprint density at radius 1 is 1.08 bits per heavy atom. The molecule has 1 aromatic heterocycles. The van der Waals surface area contributed by atoms with Crippen LogP contribution in [0.5, 0.6) is 5.75 Å². The normalized spacial score (nSPS) is 13.1. The van der Waals surface area contributed by atoms with Gasteiger partial charge in [0.1, 0.15) is 12.4 Å². The first-order valence-corrected chi connectivity index (χ1v) is 9.18. The Kier molecular flexibility index (Phi) is 4.47. The van der Waals surface area contributed by atoms with Crippen LogP contribution >= 0.6 is 11.3 Å². The minimum absolute atomic E-state index is 0.711. The van der Waals surface area contributed by atoms with Crippen LogP contribution in [-0.4, -0.2) is 24.7 Å². The fourth-order valence-electron chi connectivity index (χ4n) is 3.15. The fourth-order valence-corrected chi connectivity index (χ4v) is 3.78. The minimum atomic E-state index is 0.711. The number of aromatic nitrogens is 1. The summed E-state index contributed by atoms with van der Waals surface area (Å²) in [5.41, 5.74) is 5.98. The Balaban J connectivity index is 1.29. The largest absolute Gasteiger partial charge is 0.492 e. The molecule has 0 bridgehead atoms. The highest BCUT2D eigenvalue weighted by Crippen LogP contribution is 2.27. The summed E-state index contributed by atoms with van der Waals surface area (Å²) < 4.78 is 5.92. The van der Waals surface area contributed by atoms with E-state index >= 15 is 0 Å². The topological polar surface area (TPSA) is 25.4 Å². The summed E-state index contributed by atoms with van der Waals surface area (Å²) in [6.07, 6.45) is 4.01. The van der Waals surface area contributed by atoms with E-state index in [-0.39, 0.29) is 0 Å². The van der Waals surface area contributed by atoms with Crippen molar-refractivity contribution >= 4 is 17.0 Å².